The standard InChI is InChI=1S/C22H33IO2/c1-14(2)17-11-16(12-18(15(3)4)19(17)24)20(25)22(7,8)13-21(5,6)9-10-23/h9-12,14-15,24H,13H2,1-8H3/b10-9+. The maximum absolute atomic E-state index is 13.3. The van der Waals surface area contributed by atoms with Gasteiger partial charge in [-0.05, 0) is 51.0 Å². The number of aromatic hydroxyl groups is 1. The lowest BCUT2D eigenvalue weighted by Crippen LogP contribution is -2.30. The van der Waals surface area contributed by atoms with E-state index in [1.165, 1.54) is 0 Å². The maximum Gasteiger partial charge on any atom is 0.168 e. The molecule has 0 saturated carbocycles. The van der Waals surface area contributed by atoms with E-state index in [-0.39, 0.29) is 23.0 Å². The molecule has 0 radical (unpaired) electrons. The number of rotatable bonds is 7. The van der Waals surface area contributed by atoms with Gasteiger partial charge in [0.2, 0.25) is 0 Å². The summed E-state index contributed by atoms with van der Waals surface area (Å²) >= 11 is 2.23. The molecule has 1 N–H and O–H groups in total. The Bertz CT molecular complexity index is 623. The van der Waals surface area contributed by atoms with Crippen molar-refractivity contribution in [2.75, 3.05) is 0 Å². The molecule has 140 valence electrons. The van der Waals surface area contributed by atoms with Crippen molar-refractivity contribution in [1.82, 2.24) is 0 Å². The van der Waals surface area contributed by atoms with Crippen molar-refractivity contribution >= 4 is 28.4 Å². The fraction of sp³-hybridized carbons (Fsp3) is 0.591. The van der Waals surface area contributed by atoms with Crippen LogP contribution >= 0.6 is 22.6 Å². The molecule has 0 aliphatic carbocycles. The summed E-state index contributed by atoms with van der Waals surface area (Å²) in [5, 5.41) is 10.6. The number of carbonyl (C=O) groups is 1. The van der Waals surface area contributed by atoms with Crippen LogP contribution in [-0.2, 0) is 0 Å². The summed E-state index contributed by atoms with van der Waals surface area (Å²) in [5.74, 6) is 0.831. The van der Waals surface area contributed by atoms with Gasteiger partial charge in [-0.1, -0.05) is 84.1 Å². The third-order valence-electron chi connectivity index (χ3n) is 4.70. The monoisotopic (exact) mass is 456 g/mol. The molecule has 0 aromatic heterocycles. The first-order valence-corrected chi connectivity index (χ1v) is 10.3. The van der Waals surface area contributed by atoms with Crippen molar-refractivity contribution in [2.45, 2.75) is 73.6 Å². The molecule has 25 heavy (non-hydrogen) atoms. The molecular weight excluding hydrogens is 423 g/mol. The van der Waals surface area contributed by atoms with E-state index in [0.717, 1.165) is 17.5 Å². The van der Waals surface area contributed by atoms with E-state index in [4.69, 9.17) is 0 Å². The zero-order valence-electron chi connectivity index (χ0n) is 16.9. The summed E-state index contributed by atoms with van der Waals surface area (Å²) < 4.78 is 2.02. The minimum atomic E-state index is -0.473. The molecule has 0 amide bonds. The highest BCUT2D eigenvalue weighted by Crippen LogP contribution is 2.40. The Hall–Kier alpha value is -0.840. The van der Waals surface area contributed by atoms with Gasteiger partial charge in [-0.2, -0.15) is 0 Å². The van der Waals surface area contributed by atoms with Gasteiger partial charge in [0.15, 0.2) is 5.78 Å². The predicted octanol–water partition coefficient (Wildman–Crippen LogP) is 7.21. The third-order valence-corrected chi connectivity index (χ3v) is 5.06. The van der Waals surface area contributed by atoms with E-state index in [1.807, 2.05) is 57.8 Å². The Morgan fingerprint density at radius 3 is 1.88 bits per heavy atom. The number of phenols is 1. The number of halogens is 1. The minimum absolute atomic E-state index is 0.0426. The van der Waals surface area contributed by atoms with Crippen LogP contribution < -0.4 is 0 Å². The molecule has 0 unspecified atom stereocenters. The van der Waals surface area contributed by atoms with Crippen LogP contribution in [0.2, 0.25) is 0 Å². The Labute approximate surface area is 167 Å². The van der Waals surface area contributed by atoms with Gasteiger partial charge in [0, 0.05) is 11.0 Å². The predicted molar refractivity (Wildman–Crippen MR) is 116 cm³/mol. The van der Waals surface area contributed by atoms with Gasteiger partial charge in [-0.3, -0.25) is 4.79 Å². The number of carbonyl (C=O) groups excluding carboxylic acids is 1. The van der Waals surface area contributed by atoms with Gasteiger partial charge < -0.3 is 5.11 Å². The van der Waals surface area contributed by atoms with Crippen LogP contribution in [0.1, 0.15) is 95.1 Å². The van der Waals surface area contributed by atoms with Crippen molar-refractivity contribution < 1.29 is 9.90 Å². The Morgan fingerprint density at radius 2 is 1.52 bits per heavy atom. The van der Waals surface area contributed by atoms with Crippen LogP contribution in [0.15, 0.2) is 22.3 Å². The van der Waals surface area contributed by atoms with Crippen LogP contribution in [0.4, 0.5) is 0 Å². The van der Waals surface area contributed by atoms with E-state index in [9.17, 15) is 9.90 Å². The number of ketones is 1. The van der Waals surface area contributed by atoms with Crippen LogP contribution in [0.3, 0.4) is 0 Å². The van der Waals surface area contributed by atoms with Crippen molar-refractivity contribution in [1.29, 1.82) is 0 Å². The average molecular weight is 456 g/mol. The quantitative estimate of drug-likeness (QED) is 0.348. The molecule has 1 rings (SSSR count). The smallest absolute Gasteiger partial charge is 0.168 e. The molecule has 0 spiro atoms. The molecule has 1 aromatic carbocycles. The Balaban J connectivity index is 3.37. The molecule has 0 heterocycles. The van der Waals surface area contributed by atoms with Crippen molar-refractivity contribution in [3.63, 3.8) is 0 Å². The molecule has 1 aromatic rings. The molecule has 3 heteroatoms. The molecule has 0 atom stereocenters. The highest BCUT2D eigenvalue weighted by molar-refractivity contribution is 14.1. The van der Waals surface area contributed by atoms with Gasteiger partial charge in [-0.15, -0.1) is 0 Å². The van der Waals surface area contributed by atoms with Gasteiger partial charge >= 0.3 is 0 Å². The number of Topliss-reactive ketones (excluding diaryl/α,β-unsaturated/α-hetero) is 1. The van der Waals surface area contributed by atoms with E-state index in [0.29, 0.717) is 11.3 Å². The van der Waals surface area contributed by atoms with Crippen molar-refractivity contribution in [2.24, 2.45) is 10.8 Å². The van der Waals surface area contributed by atoms with Crippen LogP contribution in [-0.4, -0.2) is 10.9 Å². The summed E-state index contributed by atoms with van der Waals surface area (Å²) in [6.45, 7) is 16.6. The highest BCUT2D eigenvalue weighted by Gasteiger charge is 2.35. The van der Waals surface area contributed by atoms with Crippen molar-refractivity contribution in [3.8, 4) is 5.75 Å². The van der Waals surface area contributed by atoms with E-state index >= 15 is 0 Å². The topological polar surface area (TPSA) is 37.3 Å². The summed E-state index contributed by atoms with van der Waals surface area (Å²) in [6.07, 6.45) is 2.92. The molecule has 2 nitrogen and oxygen atoms in total. The molecule has 0 fully saturated rings. The zero-order valence-corrected chi connectivity index (χ0v) is 19.1. The normalized spacial score (nSPS) is 13.2. The SMILES string of the molecule is CC(C)c1cc(C(=O)C(C)(C)CC(C)(C)/C=C/I)cc(C(C)C)c1O. The second-order valence-electron chi connectivity index (χ2n) is 8.98. The zero-order chi connectivity index (χ0) is 19.6. The molecular formula is C22H33IO2. The van der Waals surface area contributed by atoms with Gasteiger partial charge in [0.1, 0.15) is 5.75 Å². The first-order valence-electron chi connectivity index (χ1n) is 9.02. The third kappa shape index (κ3) is 5.57. The average Bonchev–Trinajstić information content (AvgIpc) is 2.44. The number of phenolic OH excluding ortho intramolecular Hbond substituents is 1. The van der Waals surface area contributed by atoms with Gasteiger partial charge in [-0.25, -0.2) is 0 Å². The van der Waals surface area contributed by atoms with Gasteiger partial charge in [0.05, 0.1) is 0 Å². The summed E-state index contributed by atoms with van der Waals surface area (Å²) in [5.41, 5.74) is 1.91. The largest absolute Gasteiger partial charge is 0.507 e. The van der Waals surface area contributed by atoms with Gasteiger partial charge in [0.25, 0.3) is 0 Å². The van der Waals surface area contributed by atoms with Crippen molar-refractivity contribution in [3.05, 3.63) is 39.0 Å². The van der Waals surface area contributed by atoms with E-state index in [1.54, 1.807) is 0 Å². The summed E-state index contributed by atoms with van der Waals surface area (Å²) in [4.78, 5) is 13.3. The molecule has 0 aliphatic rings. The fourth-order valence-corrected chi connectivity index (χ4v) is 4.50. The lowest BCUT2D eigenvalue weighted by atomic mass is 9.71. The molecule has 0 saturated heterocycles. The first-order chi connectivity index (χ1) is 11.3. The number of hydrogen-bond acceptors (Lipinski definition) is 2. The fourth-order valence-electron chi connectivity index (χ4n) is 3.53. The second kappa shape index (κ2) is 8.24. The molecule has 0 bridgehead atoms. The van der Waals surface area contributed by atoms with Crippen LogP contribution in [0, 0.1) is 10.8 Å². The van der Waals surface area contributed by atoms with E-state index in [2.05, 4.69) is 42.5 Å². The first kappa shape index (κ1) is 22.2. The van der Waals surface area contributed by atoms with Crippen LogP contribution in [0.5, 0.6) is 5.75 Å². The Kier molecular flexibility index (Phi) is 7.31. The highest BCUT2D eigenvalue weighted by atomic mass is 127. The summed E-state index contributed by atoms with van der Waals surface area (Å²) in [6, 6.07) is 3.77. The summed E-state index contributed by atoms with van der Waals surface area (Å²) in [7, 11) is 0. The van der Waals surface area contributed by atoms with Crippen LogP contribution in [0.25, 0.3) is 0 Å². The molecule has 0 aliphatic heterocycles. The number of benzene rings is 1. The maximum atomic E-state index is 13.3. The number of hydrogen-bond donors (Lipinski definition) is 1. The Morgan fingerprint density at radius 1 is 1.08 bits per heavy atom. The lowest BCUT2D eigenvalue weighted by molar-refractivity contribution is 0.0784. The second-order valence-corrected chi connectivity index (χ2v) is 9.70. The lowest BCUT2D eigenvalue weighted by Gasteiger charge is -2.32. The van der Waals surface area contributed by atoms with E-state index < -0.39 is 5.41 Å². The minimum Gasteiger partial charge on any atom is -0.507 e. The number of allylic oxidation sites excluding steroid dienone is 1.